The summed E-state index contributed by atoms with van der Waals surface area (Å²) in [5.41, 5.74) is 2.08. The number of benzene rings is 1. The lowest BCUT2D eigenvalue weighted by atomic mass is 10.2. The Kier molecular flexibility index (Phi) is 4.46. The van der Waals surface area contributed by atoms with Crippen LogP contribution in [0.4, 0.5) is 0 Å². The van der Waals surface area contributed by atoms with E-state index in [0.717, 1.165) is 17.1 Å². The summed E-state index contributed by atoms with van der Waals surface area (Å²) in [4.78, 5) is 18.5. The molecule has 0 aliphatic carbocycles. The van der Waals surface area contributed by atoms with E-state index in [4.69, 9.17) is 0 Å². The van der Waals surface area contributed by atoms with Crippen LogP contribution in [0.2, 0.25) is 0 Å². The highest BCUT2D eigenvalue weighted by Gasteiger charge is 2.20. The molecule has 0 N–H and O–H groups in total. The molecule has 0 saturated heterocycles. The van der Waals surface area contributed by atoms with E-state index in [1.165, 1.54) is 0 Å². The molecule has 6 nitrogen and oxygen atoms in total. The van der Waals surface area contributed by atoms with Crippen LogP contribution >= 0.6 is 0 Å². The van der Waals surface area contributed by atoms with Gasteiger partial charge in [-0.25, -0.2) is 9.67 Å². The van der Waals surface area contributed by atoms with Gasteiger partial charge in [0, 0.05) is 38.4 Å². The van der Waals surface area contributed by atoms with Crippen molar-refractivity contribution < 1.29 is 4.79 Å². The van der Waals surface area contributed by atoms with Crippen molar-refractivity contribution in [3.05, 3.63) is 66.5 Å². The van der Waals surface area contributed by atoms with E-state index in [-0.39, 0.29) is 11.9 Å². The van der Waals surface area contributed by atoms with Crippen molar-refractivity contribution in [3.8, 4) is 5.69 Å². The second kappa shape index (κ2) is 6.70. The van der Waals surface area contributed by atoms with Crippen LogP contribution in [0.25, 0.3) is 5.69 Å². The summed E-state index contributed by atoms with van der Waals surface area (Å²) in [7, 11) is 1.83. The summed E-state index contributed by atoms with van der Waals surface area (Å²) < 4.78 is 3.70. The average Bonchev–Trinajstić information content (AvgIpc) is 3.25. The zero-order valence-corrected chi connectivity index (χ0v) is 14.1. The summed E-state index contributed by atoms with van der Waals surface area (Å²) in [6.45, 7) is 4.36. The first-order valence-corrected chi connectivity index (χ1v) is 7.89. The molecule has 0 unspecified atom stereocenters. The van der Waals surface area contributed by atoms with Gasteiger partial charge in [-0.15, -0.1) is 0 Å². The van der Waals surface area contributed by atoms with Crippen LogP contribution in [-0.4, -0.2) is 37.2 Å². The molecule has 1 aromatic carbocycles. The second-order valence-electron chi connectivity index (χ2n) is 5.87. The molecule has 24 heavy (non-hydrogen) atoms. The average molecular weight is 323 g/mol. The topological polar surface area (TPSA) is 56.0 Å². The van der Waals surface area contributed by atoms with Crippen molar-refractivity contribution >= 4 is 5.91 Å². The molecule has 0 saturated carbocycles. The summed E-state index contributed by atoms with van der Waals surface area (Å²) >= 11 is 0. The summed E-state index contributed by atoms with van der Waals surface area (Å²) in [5, 5.41) is 4.21. The third-order valence-electron chi connectivity index (χ3n) is 4.14. The zero-order valence-electron chi connectivity index (χ0n) is 14.1. The smallest absolute Gasteiger partial charge is 0.245 e. The van der Waals surface area contributed by atoms with Gasteiger partial charge in [0.05, 0.1) is 5.69 Å². The maximum Gasteiger partial charge on any atom is 0.245 e. The zero-order chi connectivity index (χ0) is 17.1. The minimum absolute atomic E-state index is 0.0623. The molecule has 0 aliphatic heterocycles. The molecular formula is C18H21N5O. The molecule has 0 fully saturated rings. The Hall–Kier alpha value is -2.89. The van der Waals surface area contributed by atoms with Crippen LogP contribution in [0.15, 0.2) is 55.1 Å². The maximum absolute atomic E-state index is 12.6. The number of hydrogen-bond donors (Lipinski definition) is 0. The molecule has 3 aromatic rings. The van der Waals surface area contributed by atoms with Gasteiger partial charge in [0.2, 0.25) is 5.91 Å². The number of hydrogen-bond acceptors (Lipinski definition) is 3. The first-order chi connectivity index (χ1) is 11.6. The second-order valence-corrected chi connectivity index (χ2v) is 5.87. The molecule has 124 valence electrons. The van der Waals surface area contributed by atoms with Gasteiger partial charge in [-0.3, -0.25) is 4.79 Å². The van der Waals surface area contributed by atoms with E-state index in [1.807, 2.05) is 72.9 Å². The molecule has 2 aromatic heterocycles. The minimum atomic E-state index is -0.263. The highest BCUT2D eigenvalue weighted by atomic mass is 16.2. The minimum Gasteiger partial charge on any atom is -0.340 e. The number of carbonyl (C=O) groups is 1. The van der Waals surface area contributed by atoms with E-state index < -0.39 is 0 Å². The SMILES string of the molecule is Cc1nccn1[C@@H](C)C(=O)N(C)Cc1ccc(-n2cccn2)cc1. The predicted octanol–water partition coefficient (Wildman–Crippen LogP) is 2.60. The first-order valence-electron chi connectivity index (χ1n) is 7.89. The van der Waals surface area contributed by atoms with Crippen molar-refractivity contribution in [2.24, 2.45) is 0 Å². The van der Waals surface area contributed by atoms with E-state index in [1.54, 1.807) is 17.3 Å². The van der Waals surface area contributed by atoms with Crippen LogP contribution < -0.4 is 0 Å². The Morgan fingerprint density at radius 3 is 2.54 bits per heavy atom. The Morgan fingerprint density at radius 2 is 1.96 bits per heavy atom. The van der Waals surface area contributed by atoms with Crippen LogP contribution in [0, 0.1) is 6.92 Å². The molecule has 2 heterocycles. The van der Waals surface area contributed by atoms with Gasteiger partial charge >= 0.3 is 0 Å². The third-order valence-corrected chi connectivity index (χ3v) is 4.14. The van der Waals surface area contributed by atoms with Gasteiger partial charge in [-0.1, -0.05) is 12.1 Å². The molecule has 1 atom stereocenters. The molecule has 3 rings (SSSR count). The summed E-state index contributed by atoms with van der Waals surface area (Å²) in [6.07, 6.45) is 7.21. The number of rotatable bonds is 5. The monoisotopic (exact) mass is 323 g/mol. The van der Waals surface area contributed by atoms with Gasteiger partial charge in [-0.2, -0.15) is 5.10 Å². The molecule has 6 heteroatoms. The van der Waals surface area contributed by atoms with Gasteiger partial charge < -0.3 is 9.47 Å². The summed E-state index contributed by atoms with van der Waals surface area (Å²) in [6, 6.07) is 9.68. The van der Waals surface area contributed by atoms with Gasteiger partial charge in [0.15, 0.2) is 0 Å². The number of nitrogens with zero attached hydrogens (tertiary/aromatic N) is 5. The van der Waals surface area contributed by atoms with Crippen LogP contribution in [-0.2, 0) is 11.3 Å². The lowest BCUT2D eigenvalue weighted by Crippen LogP contribution is -2.32. The van der Waals surface area contributed by atoms with Crippen LogP contribution in [0.5, 0.6) is 0 Å². The number of imidazole rings is 1. The van der Waals surface area contributed by atoms with Gasteiger partial charge in [0.1, 0.15) is 11.9 Å². The van der Waals surface area contributed by atoms with E-state index in [9.17, 15) is 4.79 Å². The van der Waals surface area contributed by atoms with Crippen LogP contribution in [0.1, 0.15) is 24.4 Å². The van der Waals surface area contributed by atoms with Crippen molar-refractivity contribution in [1.29, 1.82) is 0 Å². The van der Waals surface area contributed by atoms with E-state index in [0.29, 0.717) is 6.54 Å². The summed E-state index contributed by atoms with van der Waals surface area (Å²) in [5.74, 6) is 0.903. The predicted molar refractivity (Wildman–Crippen MR) is 91.7 cm³/mol. The maximum atomic E-state index is 12.6. The Labute approximate surface area is 141 Å². The molecule has 0 spiro atoms. The van der Waals surface area contributed by atoms with Crippen molar-refractivity contribution in [3.63, 3.8) is 0 Å². The fourth-order valence-electron chi connectivity index (χ4n) is 2.76. The number of amides is 1. The quantitative estimate of drug-likeness (QED) is 0.725. The number of likely N-dealkylation sites (N-methyl/N-ethyl adjacent to an activating group) is 1. The van der Waals surface area contributed by atoms with Crippen molar-refractivity contribution in [1.82, 2.24) is 24.2 Å². The molecule has 0 aliphatic rings. The first kappa shape index (κ1) is 16.0. The molecule has 1 amide bonds. The number of carbonyl (C=O) groups excluding carboxylic acids is 1. The van der Waals surface area contributed by atoms with Crippen LogP contribution in [0.3, 0.4) is 0 Å². The normalized spacial score (nSPS) is 12.1. The number of aromatic nitrogens is 4. The van der Waals surface area contributed by atoms with Crippen molar-refractivity contribution in [2.75, 3.05) is 7.05 Å². The number of aryl methyl sites for hydroxylation is 1. The van der Waals surface area contributed by atoms with Gasteiger partial charge in [-0.05, 0) is 37.6 Å². The standard InChI is InChI=1S/C18H21N5O/c1-14(22-12-10-19-15(22)2)18(24)21(3)13-16-5-7-17(8-6-16)23-11-4-9-20-23/h4-12,14H,13H2,1-3H3/t14-/m0/s1. The molecule has 0 radical (unpaired) electrons. The van der Waals surface area contributed by atoms with Crippen molar-refractivity contribution in [2.45, 2.75) is 26.4 Å². The lowest BCUT2D eigenvalue weighted by molar-refractivity contribution is -0.133. The van der Waals surface area contributed by atoms with E-state index in [2.05, 4.69) is 10.1 Å². The Morgan fingerprint density at radius 1 is 1.21 bits per heavy atom. The highest BCUT2D eigenvalue weighted by molar-refractivity contribution is 5.79. The fraction of sp³-hybridized carbons (Fsp3) is 0.278. The molecule has 0 bridgehead atoms. The Balaban J connectivity index is 1.67. The lowest BCUT2D eigenvalue weighted by Gasteiger charge is -2.23. The van der Waals surface area contributed by atoms with Gasteiger partial charge in [0.25, 0.3) is 0 Å². The largest absolute Gasteiger partial charge is 0.340 e. The third kappa shape index (κ3) is 3.22. The Bertz CT molecular complexity index is 804. The molecular weight excluding hydrogens is 302 g/mol. The highest BCUT2D eigenvalue weighted by Crippen LogP contribution is 2.15. The van der Waals surface area contributed by atoms with E-state index >= 15 is 0 Å². The fourth-order valence-corrected chi connectivity index (χ4v) is 2.76.